The van der Waals surface area contributed by atoms with E-state index >= 15 is 0 Å². The van der Waals surface area contributed by atoms with Crippen LogP contribution in [0, 0.1) is 5.92 Å². The molecule has 0 aliphatic carbocycles. The third-order valence-corrected chi connectivity index (χ3v) is 5.05. The monoisotopic (exact) mass is 339 g/mol. The molecule has 1 heterocycles. The molecule has 1 fully saturated rings. The molecule has 0 spiro atoms. The number of carboxylic acid groups (broad SMARTS) is 1. The zero-order valence-corrected chi connectivity index (χ0v) is 12.9. The van der Waals surface area contributed by atoms with Crippen LogP contribution in [0.4, 0.5) is 0 Å². The van der Waals surface area contributed by atoms with Crippen LogP contribution >= 0.6 is 0 Å². The van der Waals surface area contributed by atoms with Crippen molar-refractivity contribution in [1.82, 2.24) is 4.31 Å². The molecule has 0 bridgehead atoms. The van der Waals surface area contributed by atoms with Gasteiger partial charge in [-0.05, 0) is 12.7 Å². The van der Waals surface area contributed by atoms with Crippen LogP contribution in [0.2, 0.25) is 6.32 Å². The minimum Gasteiger partial charge on any atom is -0.480 e. The molecule has 0 amide bonds. The lowest BCUT2D eigenvalue weighted by atomic mass is 9.78. The van der Waals surface area contributed by atoms with Gasteiger partial charge in [-0.2, -0.15) is 12.7 Å². The Hall–Kier alpha value is -0.755. The van der Waals surface area contributed by atoms with Gasteiger partial charge in [0.2, 0.25) is 0 Å². The van der Waals surface area contributed by atoms with Gasteiger partial charge < -0.3 is 26.6 Å². The number of nitrogens with two attached hydrogens (primary N) is 2. The number of carboxylic acids is 1. The first-order valence-electron chi connectivity index (χ1n) is 6.86. The summed E-state index contributed by atoms with van der Waals surface area (Å²) < 4.78 is 29.5. The molecule has 10 nitrogen and oxygen atoms in total. The van der Waals surface area contributed by atoms with Gasteiger partial charge in [-0.3, -0.25) is 8.98 Å². The topological polar surface area (TPSA) is 176 Å². The highest BCUT2D eigenvalue weighted by Crippen LogP contribution is 2.32. The second-order valence-electron chi connectivity index (χ2n) is 5.31. The Labute approximate surface area is 129 Å². The first-order chi connectivity index (χ1) is 10.1. The van der Waals surface area contributed by atoms with Gasteiger partial charge in [0, 0.05) is 25.6 Å². The van der Waals surface area contributed by atoms with Crippen molar-refractivity contribution in [1.29, 1.82) is 0 Å². The zero-order valence-electron chi connectivity index (χ0n) is 12.1. The van der Waals surface area contributed by atoms with Gasteiger partial charge in [0.15, 0.2) is 0 Å². The molecular formula is C10H22BN3O7S. The quantitative estimate of drug-likeness (QED) is 0.277. The molecular weight excluding hydrogens is 317 g/mol. The van der Waals surface area contributed by atoms with Crippen molar-refractivity contribution in [3.8, 4) is 0 Å². The molecule has 0 unspecified atom stereocenters. The Balaban J connectivity index is 2.81. The summed E-state index contributed by atoms with van der Waals surface area (Å²) in [4.78, 5) is 11.4. The lowest BCUT2D eigenvalue weighted by Crippen LogP contribution is -2.55. The van der Waals surface area contributed by atoms with Crippen LogP contribution < -0.4 is 11.5 Å². The van der Waals surface area contributed by atoms with E-state index < -0.39 is 41.4 Å². The predicted octanol–water partition coefficient (Wildman–Crippen LogP) is -2.83. The third-order valence-electron chi connectivity index (χ3n) is 3.67. The van der Waals surface area contributed by atoms with Gasteiger partial charge in [-0.1, -0.05) is 6.42 Å². The Morgan fingerprint density at radius 1 is 1.45 bits per heavy atom. The van der Waals surface area contributed by atoms with Gasteiger partial charge in [-0.15, -0.1) is 0 Å². The minimum atomic E-state index is -4.09. The van der Waals surface area contributed by atoms with Crippen LogP contribution in [0.25, 0.3) is 0 Å². The van der Waals surface area contributed by atoms with Gasteiger partial charge >= 0.3 is 23.4 Å². The van der Waals surface area contributed by atoms with Crippen LogP contribution in [0.1, 0.15) is 12.8 Å². The van der Waals surface area contributed by atoms with Gasteiger partial charge in [0.25, 0.3) is 0 Å². The molecule has 1 saturated heterocycles. The summed E-state index contributed by atoms with van der Waals surface area (Å²) in [5, 5.41) is 26.9. The summed E-state index contributed by atoms with van der Waals surface area (Å²) in [6, 6.07) is 0. The molecule has 1 rings (SSSR count). The molecule has 128 valence electrons. The van der Waals surface area contributed by atoms with Crippen molar-refractivity contribution in [3.63, 3.8) is 0 Å². The molecule has 0 aromatic heterocycles. The Kier molecular flexibility index (Phi) is 6.74. The van der Waals surface area contributed by atoms with Crippen molar-refractivity contribution in [2.24, 2.45) is 17.4 Å². The van der Waals surface area contributed by atoms with E-state index in [4.69, 9.17) is 21.5 Å². The number of nitrogens with zero attached hydrogens (tertiary/aromatic N) is 1. The van der Waals surface area contributed by atoms with Gasteiger partial charge in [0.1, 0.15) is 5.54 Å². The molecule has 0 aromatic rings. The van der Waals surface area contributed by atoms with Gasteiger partial charge in [-0.25, -0.2) is 0 Å². The fourth-order valence-corrected chi connectivity index (χ4v) is 3.62. The van der Waals surface area contributed by atoms with E-state index in [1.807, 2.05) is 0 Å². The standard InChI is InChI=1S/C10H22BN3O7S/c12-4-5-21-22(19,20)14-6-8(2-1-3-11(17)18)10(13,7-14)9(15)16/h8,17-18H,1-7,12-13H2,(H,15,16)/t8-,10-/m0/s1. The minimum absolute atomic E-state index is 0.0115. The van der Waals surface area contributed by atoms with Gasteiger partial charge in [0.05, 0.1) is 6.61 Å². The van der Waals surface area contributed by atoms with Crippen LogP contribution in [0.5, 0.6) is 0 Å². The number of hydrogen-bond donors (Lipinski definition) is 5. The van der Waals surface area contributed by atoms with Crippen molar-refractivity contribution < 1.29 is 32.5 Å². The smallest absolute Gasteiger partial charge is 0.451 e. The average Bonchev–Trinajstić information content (AvgIpc) is 2.76. The van der Waals surface area contributed by atoms with E-state index in [1.54, 1.807) is 0 Å². The van der Waals surface area contributed by atoms with Crippen LogP contribution in [0.15, 0.2) is 0 Å². The van der Waals surface area contributed by atoms with Crippen molar-refractivity contribution in [2.45, 2.75) is 24.7 Å². The second-order valence-corrected chi connectivity index (χ2v) is 6.92. The maximum Gasteiger partial charge on any atom is 0.451 e. The van der Waals surface area contributed by atoms with Crippen LogP contribution in [-0.2, 0) is 19.3 Å². The molecule has 0 aromatic carbocycles. The van der Waals surface area contributed by atoms with E-state index in [9.17, 15) is 18.3 Å². The highest BCUT2D eigenvalue weighted by molar-refractivity contribution is 7.84. The summed E-state index contributed by atoms with van der Waals surface area (Å²) in [7, 11) is -5.58. The maximum absolute atomic E-state index is 11.9. The fourth-order valence-electron chi connectivity index (χ4n) is 2.43. The van der Waals surface area contributed by atoms with E-state index in [0.29, 0.717) is 6.42 Å². The third kappa shape index (κ3) is 4.62. The van der Waals surface area contributed by atoms with E-state index in [1.165, 1.54) is 0 Å². The highest BCUT2D eigenvalue weighted by atomic mass is 32.2. The first-order valence-corrected chi connectivity index (χ1v) is 8.23. The summed E-state index contributed by atoms with van der Waals surface area (Å²) in [5.41, 5.74) is 9.31. The number of rotatable bonds is 9. The van der Waals surface area contributed by atoms with E-state index in [-0.39, 0.29) is 32.4 Å². The summed E-state index contributed by atoms with van der Waals surface area (Å²) in [6.07, 6.45) is 0.623. The van der Waals surface area contributed by atoms with E-state index in [0.717, 1.165) is 4.31 Å². The molecule has 7 N–H and O–H groups in total. The molecule has 0 saturated carbocycles. The Bertz CT molecular complexity index is 489. The molecule has 1 aliphatic heterocycles. The average molecular weight is 339 g/mol. The van der Waals surface area contributed by atoms with Crippen molar-refractivity contribution in [3.05, 3.63) is 0 Å². The van der Waals surface area contributed by atoms with E-state index in [2.05, 4.69) is 4.18 Å². The molecule has 0 radical (unpaired) electrons. The summed E-state index contributed by atoms with van der Waals surface area (Å²) in [6.45, 7) is -0.693. The molecule has 1 aliphatic rings. The molecule has 22 heavy (non-hydrogen) atoms. The second kappa shape index (κ2) is 7.68. The Morgan fingerprint density at radius 3 is 2.59 bits per heavy atom. The number of aliphatic carboxylic acids is 1. The van der Waals surface area contributed by atoms with Crippen LogP contribution in [0.3, 0.4) is 0 Å². The lowest BCUT2D eigenvalue weighted by Gasteiger charge is -2.25. The SMILES string of the molecule is NCCOS(=O)(=O)N1C[C@H](CCCB(O)O)[C@](N)(C(=O)O)C1. The zero-order chi connectivity index (χ0) is 17.0. The summed E-state index contributed by atoms with van der Waals surface area (Å²) in [5.74, 6) is -1.96. The molecule has 12 heteroatoms. The highest BCUT2D eigenvalue weighted by Gasteiger charge is 2.52. The number of carbonyl (C=O) groups is 1. The largest absolute Gasteiger partial charge is 0.480 e. The first kappa shape index (κ1) is 19.3. The fraction of sp³-hybridized carbons (Fsp3) is 0.900. The van der Waals surface area contributed by atoms with Crippen molar-refractivity contribution >= 4 is 23.4 Å². The maximum atomic E-state index is 11.9. The predicted molar refractivity (Wildman–Crippen MR) is 77.8 cm³/mol. The normalized spacial score (nSPS) is 26.3. The van der Waals surface area contributed by atoms with Crippen LogP contribution in [-0.4, -0.2) is 72.7 Å². The Morgan fingerprint density at radius 2 is 2.09 bits per heavy atom. The lowest BCUT2D eigenvalue weighted by molar-refractivity contribution is -0.144. The molecule has 2 atom stereocenters. The number of hydrogen-bond acceptors (Lipinski definition) is 8. The van der Waals surface area contributed by atoms with Crippen molar-refractivity contribution in [2.75, 3.05) is 26.2 Å². The summed E-state index contributed by atoms with van der Waals surface area (Å²) >= 11 is 0.